The summed E-state index contributed by atoms with van der Waals surface area (Å²) in [4.78, 5) is 44.3. The predicted octanol–water partition coefficient (Wildman–Crippen LogP) is 2.78. The summed E-state index contributed by atoms with van der Waals surface area (Å²) in [5.74, 6) is -1.53. The number of amides is 3. The van der Waals surface area contributed by atoms with E-state index in [2.05, 4.69) is 10.2 Å². The maximum atomic E-state index is 13.8. The second kappa shape index (κ2) is 6.31. The number of imide groups is 1. The van der Waals surface area contributed by atoms with E-state index in [1.165, 1.54) is 4.90 Å². The number of halogens is 1. The molecule has 4 unspecified atom stereocenters. The minimum Gasteiger partial charge on any atom is -0.497 e. The zero-order valence-corrected chi connectivity index (χ0v) is 17.6. The lowest BCUT2D eigenvalue weighted by atomic mass is 9.75. The molecule has 4 atom stereocenters. The fourth-order valence-corrected chi connectivity index (χ4v) is 6.33. The number of hydrogen-bond donors (Lipinski definition) is 1. The average Bonchev–Trinajstić information content (AvgIpc) is 3.47. The maximum absolute atomic E-state index is 13.8. The summed E-state index contributed by atoms with van der Waals surface area (Å²) in [6, 6.07) is 11.9. The largest absolute Gasteiger partial charge is 0.497 e. The SMILES string of the molecule is COc1ccc(N2C(=O)C3C4CCCN4C4(C(=O)Nc5ccc(Cl)cc54)C3C2=O)cc1. The molecule has 0 aromatic heterocycles. The van der Waals surface area contributed by atoms with Gasteiger partial charge in [-0.1, -0.05) is 11.6 Å². The smallest absolute Gasteiger partial charge is 0.250 e. The molecule has 2 aromatic carbocycles. The molecule has 7 nitrogen and oxygen atoms in total. The number of nitrogens with zero attached hydrogens (tertiary/aromatic N) is 2. The topological polar surface area (TPSA) is 79.0 Å². The van der Waals surface area contributed by atoms with Crippen LogP contribution in [-0.2, 0) is 19.9 Å². The number of nitrogens with one attached hydrogen (secondary N) is 1. The van der Waals surface area contributed by atoms with E-state index < -0.39 is 17.4 Å². The Morgan fingerprint density at radius 1 is 1.10 bits per heavy atom. The molecule has 31 heavy (non-hydrogen) atoms. The van der Waals surface area contributed by atoms with Crippen LogP contribution in [0.25, 0.3) is 0 Å². The molecule has 4 heterocycles. The number of carbonyl (C=O) groups is 3. The molecule has 1 spiro atoms. The molecule has 3 fully saturated rings. The standard InChI is InChI=1S/C23H20ClN3O4/c1-31-14-7-5-13(6-8-14)27-20(28)18-17-3-2-10-26(17)23(19(18)21(27)29)15-11-12(24)4-9-16(15)25-22(23)30/h4-9,11,17-19H,2-3,10H2,1H3,(H,25,30). The van der Waals surface area contributed by atoms with Crippen LogP contribution in [0.4, 0.5) is 11.4 Å². The van der Waals surface area contributed by atoms with E-state index in [1.807, 2.05) is 0 Å². The molecule has 0 aliphatic carbocycles. The summed E-state index contributed by atoms with van der Waals surface area (Å²) in [7, 11) is 1.56. The van der Waals surface area contributed by atoms with Crippen molar-refractivity contribution >= 4 is 40.7 Å². The van der Waals surface area contributed by atoms with Crippen LogP contribution in [0, 0.1) is 11.8 Å². The Bertz CT molecular complexity index is 1150. The Hall–Kier alpha value is -2.90. The molecular formula is C23H20ClN3O4. The third kappa shape index (κ3) is 2.20. The molecule has 4 aliphatic rings. The first kappa shape index (κ1) is 18.8. The Balaban J connectivity index is 1.53. The van der Waals surface area contributed by atoms with E-state index in [-0.39, 0.29) is 23.8 Å². The lowest BCUT2D eigenvalue weighted by Gasteiger charge is -2.36. The number of rotatable bonds is 2. The molecule has 1 N–H and O–H groups in total. The summed E-state index contributed by atoms with van der Waals surface area (Å²) < 4.78 is 5.20. The zero-order chi connectivity index (χ0) is 21.5. The minimum atomic E-state index is -1.21. The van der Waals surface area contributed by atoms with Crippen molar-refractivity contribution in [3.8, 4) is 5.75 Å². The number of carbonyl (C=O) groups excluding carboxylic acids is 3. The van der Waals surface area contributed by atoms with Crippen LogP contribution in [0.1, 0.15) is 18.4 Å². The van der Waals surface area contributed by atoms with E-state index in [0.717, 1.165) is 12.8 Å². The number of ether oxygens (including phenoxy) is 1. The van der Waals surface area contributed by atoms with E-state index in [4.69, 9.17) is 16.3 Å². The second-order valence-corrected chi connectivity index (χ2v) is 8.96. The lowest BCUT2D eigenvalue weighted by molar-refractivity contribution is -0.135. The Kier molecular flexibility index (Phi) is 3.83. The van der Waals surface area contributed by atoms with Crippen molar-refractivity contribution in [2.24, 2.45) is 11.8 Å². The number of anilines is 2. The van der Waals surface area contributed by atoms with Gasteiger partial charge in [0.1, 0.15) is 11.3 Å². The third-order valence-corrected chi connectivity index (χ3v) is 7.52. The lowest BCUT2D eigenvalue weighted by Crippen LogP contribution is -2.54. The second-order valence-electron chi connectivity index (χ2n) is 8.53. The number of methoxy groups -OCH3 is 1. The molecule has 3 saturated heterocycles. The van der Waals surface area contributed by atoms with Crippen LogP contribution in [0.15, 0.2) is 42.5 Å². The number of hydrogen-bond acceptors (Lipinski definition) is 5. The van der Waals surface area contributed by atoms with Gasteiger partial charge in [0.25, 0.3) is 0 Å². The zero-order valence-electron chi connectivity index (χ0n) is 16.8. The molecule has 6 rings (SSSR count). The predicted molar refractivity (Wildman–Crippen MR) is 114 cm³/mol. The first-order valence-corrected chi connectivity index (χ1v) is 10.8. The fraction of sp³-hybridized carbons (Fsp3) is 0.348. The first-order valence-electron chi connectivity index (χ1n) is 10.4. The fourth-order valence-electron chi connectivity index (χ4n) is 6.16. The van der Waals surface area contributed by atoms with Crippen molar-refractivity contribution in [3.63, 3.8) is 0 Å². The van der Waals surface area contributed by atoms with Gasteiger partial charge in [0.2, 0.25) is 17.7 Å². The highest BCUT2D eigenvalue weighted by molar-refractivity contribution is 6.31. The molecule has 3 amide bonds. The van der Waals surface area contributed by atoms with Crippen LogP contribution >= 0.6 is 11.6 Å². The maximum Gasteiger partial charge on any atom is 0.250 e. The summed E-state index contributed by atoms with van der Waals surface area (Å²) in [5.41, 5.74) is 0.639. The van der Waals surface area contributed by atoms with Gasteiger partial charge in [-0.05, 0) is 61.9 Å². The molecule has 2 aromatic rings. The van der Waals surface area contributed by atoms with E-state index in [9.17, 15) is 14.4 Å². The normalized spacial score (nSPS) is 31.2. The van der Waals surface area contributed by atoms with Gasteiger partial charge in [0.15, 0.2) is 0 Å². The Morgan fingerprint density at radius 3 is 2.61 bits per heavy atom. The summed E-state index contributed by atoms with van der Waals surface area (Å²) in [6.45, 7) is 0.667. The van der Waals surface area contributed by atoms with Gasteiger partial charge in [-0.25, -0.2) is 4.90 Å². The molecule has 0 bridgehead atoms. The monoisotopic (exact) mass is 437 g/mol. The third-order valence-electron chi connectivity index (χ3n) is 7.29. The van der Waals surface area contributed by atoms with Crippen molar-refractivity contribution in [1.29, 1.82) is 0 Å². The highest BCUT2D eigenvalue weighted by Crippen LogP contribution is 2.60. The molecule has 0 saturated carbocycles. The molecule has 8 heteroatoms. The summed E-state index contributed by atoms with van der Waals surface area (Å²) >= 11 is 6.30. The first-order chi connectivity index (χ1) is 15.0. The van der Waals surface area contributed by atoms with Gasteiger partial charge in [-0.2, -0.15) is 0 Å². The molecule has 4 aliphatic heterocycles. The van der Waals surface area contributed by atoms with Crippen molar-refractivity contribution in [2.45, 2.75) is 24.4 Å². The van der Waals surface area contributed by atoms with Crippen LogP contribution in [0.3, 0.4) is 0 Å². The van der Waals surface area contributed by atoms with Crippen molar-refractivity contribution in [3.05, 3.63) is 53.1 Å². The summed E-state index contributed by atoms with van der Waals surface area (Å²) in [6.07, 6.45) is 1.66. The Morgan fingerprint density at radius 2 is 1.87 bits per heavy atom. The van der Waals surface area contributed by atoms with Crippen molar-refractivity contribution in [1.82, 2.24) is 4.90 Å². The summed E-state index contributed by atoms with van der Waals surface area (Å²) in [5, 5.41) is 3.45. The van der Waals surface area contributed by atoms with Crippen LogP contribution in [0.5, 0.6) is 5.75 Å². The van der Waals surface area contributed by atoms with Gasteiger partial charge in [0.05, 0.1) is 24.6 Å². The van der Waals surface area contributed by atoms with Gasteiger partial charge in [-0.3, -0.25) is 19.3 Å². The highest BCUT2D eigenvalue weighted by Gasteiger charge is 2.74. The van der Waals surface area contributed by atoms with Gasteiger partial charge in [-0.15, -0.1) is 0 Å². The Labute approximate surface area is 183 Å². The quantitative estimate of drug-likeness (QED) is 0.731. The molecular weight excluding hydrogens is 418 g/mol. The van der Waals surface area contributed by atoms with E-state index in [0.29, 0.717) is 34.3 Å². The van der Waals surface area contributed by atoms with E-state index in [1.54, 1.807) is 49.6 Å². The van der Waals surface area contributed by atoms with Gasteiger partial charge >= 0.3 is 0 Å². The minimum absolute atomic E-state index is 0.152. The van der Waals surface area contributed by atoms with Gasteiger partial charge in [0, 0.05) is 22.3 Å². The van der Waals surface area contributed by atoms with Crippen LogP contribution in [-0.4, -0.2) is 42.3 Å². The highest BCUT2D eigenvalue weighted by atomic mass is 35.5. The average molecular weight is 438 g/mol. The van der Waals surface area contributed by atoms with Crippen LogP contribution in [0.2, 0.25) is 5.02 Å². The molecule has 158 valence electrons. The number of fused-ring (bicyclic) bond motifs is 7. The van der Waals surface area contributed by atoms with Gasteiger partial charge < -0.3 is 10.1 Å². The van der Waals surface area contributed by atoms with E-state index >= 15 is 0 Å². The number of benzene rings is 2. The van der Waals surface area contributed by atoms with Crippen molar-refractivity contribution in [2.75, 3.05) is 23.9 Å². The van der Waals surface area contributed by atoms with Crippen LogP contribution < -0.4 is 15.0 Å². The molecule has 0 radical (unpaired) electrons. The van der Waals surface area contributed by atoms with Crippen molar-refractivity contribution < 1.29 is 19.1 Å².